The van der Waals surface area contributed by atoms with Crippen LogP contribution in [0, 0.1) is 5.92 Å². The van der Waals surface area contributed by atoms with Crippen LogP contribution in [0.3, 0.4) is 0 Å². The first-order valence-corrected chi connectivity index (χ1v) is 9.03. The van der Waals surface area contributed by atoms with E-state index < -0.39 is 0 Å². The maximum absolute atomic E-state index is 12.3. The van der Waals surface area contributed by atoms with Gasteiger partial charge in [-0.1, -0.05) is 24.3 Å². The number of ether oxygens (including phenoxy) is 1. The lowest BCUT2D eigenvalue weighted by Gasteiger charge is -2.22. The molecule has 4 rings (SSSR count). The van der Waals surface area contributed by atoms with Crippen molar-refractivity contribution in [2.45, 2.75) is 19.3 Å². The lowest BCUT2D eigenvalue weighted by atomic mass is 10.0. The standard InChI is InChI=1S/C21H24N2O2/c1-23-19-5-3-2-4-17(19)18-12-16(6-7-20(18)23)13-21(24)22-14-15-8-10-25-11-9-15/h2-7,12,15H,8-11,13-14H2,1H3,(H,22,24). The molecule has 0 atom stereocenters. The molecule has 0 aliphatic carbocycles. The van der Waals surface area contributed by atoms with Crippen molar-refractivity contribution in [1.29, 1.82) is 0 Å². The molecule has 2 heterocycles. The molecule has 4 nitrogen and oxygen atoms in total. The Morgan fingerprint density at radius 3 is 2.72 bits per heavy atom. The summed E-state index contributed by atoms with van der Waals surface area (Å²) in [6, 6.07) is 14.8. The molecular weight excluding hydrogens is 312 g/mol. The molecule has 130 valence electrons. The summed E-state index contributed by atoms with van der Waals surface area (Å²) in [6.45, 7) is 2.40. The zero-order valence-electron chi connectivity index (χ0n) is 14.6. The summed E-state index contributed by atoms with van der Waals surface area (Å²) in [5.41, 5.74) is 3.49. The van der Waals surface area contributed by atoms with E-state index in [1.54, 1.807) is 0 Å². The highest BCUT2D eigenvalue weighted by Crippen LogP contribution is 2.28. The Hall–Kier alpha value is -2.33. The molecule has 0 radical (unpaired) electrons. The van der Waals surface area contributed by atoms with E-state index in [1.165, 1.54) is 21.8 Å². The monoisotopic (exact) mass is 336 g/mol. The molecule has 0 bridgehead atoms. The fraction of sp³-hybridized carbons (Fsp3) is 0.381. The third-order valence-electron chi connectivity index (χ3n) is 5.27. The SMILES string of the molecule is Cn1c2ccccc2c2cc(CC(=O)NCC3CCOCC3)ccc21. The normalized spacial score (nSPS) is 15.7. The molecule has 1 aliphatic rings. The largest absolute Gasteiger partial charge is 0.381 e. The Kier molecular flexibility index (Phi) is 4.45. The molecule has 4 heteroatoms. The van der Waals surface area contributed by atoms with Gasteiger partial charge in [0.1, 0.15) is 0 Å². The predicted octanol–water partition coefficient (Wildman–Crippen LogP) is 3.42. The number of nitrogens with one attached hydrogen (secondary N) is 1. The van der Waals surface area contributed by atoms with Gasteiger partial charge in [0.25, 0.3) is 0 Å². The third-order valence-corrected chi connectivity index (χ3v) is 5.27. The van der Waals surface area contributed by atoms with Crippen LogP contribution in [0.25, 0.3) is 21.8 Å². The molecule has 1 saturated heterocycles. The summed E-state index contributed by atoms with van der Waals surface area (Å²) >= 11 is 0. The van der Waals surface area contributed by atoms with Crippen molar-refractivity contribution in [3.8, 4) is 0 Å². The fourth-order valence-corrected chi connectivity index (χ4v) is 3.78. The molecule has 25 heavy (non-hydrogen) atoms. The van der Waals surface area contributed by atoms with Crippen molar-refractivity contribution >= 4 is 27.7 Å². The van der Waals surface area contributed by atoms with Crippen LogP contribution < -0.4 is 5.32 Å². The molecular formula is C21H24N2O2. The molecule has 3 aromatic rings. The van der Waals surface area contributed by atoms with Gasteiger partial charge < -0.3 is 14.6 Å². The van der Waals surface area contributed by atoms with Crippen molar-refractivity contribution in [2.75, 3.05) is 19.8 Å². The van der Waals surface area contributed by atoms with Gasteiger partial charge in [0.05, 0.1) is 6.42 Å². The van der Waals surface area contributed by atoms with Crippen molar-refractivity contribution in [2.24, 2.45) is 13.0 Å². The molecule has 0 saturated carbocycles. The van der Waals surface area contributed by atoms with Gasteiger partial charge in [-0.15, -0.1) is 0 Å². The van der Waals surface area contributed by atoms with E-state index in [2.05, 4.69) is 59.4 Å². The molecule has 1 N–H and O–H groups in total. The minimum absolute atomic E-state index is 0.103. The van der Waals surface area contributed by atoms with E-state index in [1.807, 2.05) is 0 Å². The molecule has 1 aromatic heterocycles. The number of fused-ring (bicyclic) bond motifs is 3. The first kappa shape index (κ1) is 16.2. The Bertz CT molecular complexity index is 907. The number of hydrogen-bond acceptors (Lipinski definition) is 2. The number of hydrogen-bond donors (Lipinski definition) is 1. The summed E-state index contributed by atoms with van der Waals surface area (Å²) in [7, 11) is 2.09. The third kappa shape index (κ3) is 3.27. The van der Waals surface area contributed by atoms with Gasteiger partial charge >= 0.3 is 0 Å². The van der Waals surface area contributed by atoms with Crippen LogP contribution in [0.2, 0.25) is 0 Å². The topological polar surface area (TPSA) is 43.3 Å². The van der Waals surface area contributed by atoms with Crippen molar-refractivity contribution in [1.82, 2.24) is 9.88 Å². The van der Waals surface area contributed by atoms with Gasteiger partial charge in [0, 0.05) is 48.6 Å². The van der Waals surface area contributed by atoms with Gasteiger partial charge in [0.15, 0.2) is 0 Å². The fourth-order valence-electron chi connectivity index (χ4n) is 3.78. The Morgan fingerprint density at radius 2 is 1.88 bits per heavy atom. The van der Waals surface area contributed by atoms with E-state index in [4.69, 9.17) is 4.74 Å². The van der Waals surface area contributed by atoms with Crippen LogP contribution >= 0.6 is 0 Å². The Morgan fingerprint density at radius 1 is 1.12 bits per heavy atom. The molecule has 1 aliphatic heterocycles. The smallest absolute Gasteiger partial charge is 0.224 e. The lowest BCUT2D eigenvalue weighted by Crippen LogP contribution is -2.33. The van der Waals surface area contributed by atoms with Gasteiger partial charge in [0.2, 0.25) is 5.91 Å². The number of carbonyl (C=O) groups excluding carboxylic acids is 1. The average Bonchev–Trinajstić information content (AvgIpc) is 2.93. The first-order chi connectivity index (χ1) is 12.2. The van der Waals surface area contributed by atoms with E-state index >= 15 is 0 Å². The zero-order valence-corrected chi connectivity index (χ0v) is 14.6. The second-order valence-electron chi connectivity index (χ2n) is 6.96. The van der Waals surface area contributed by atoms with Gasteiger partial charge in [-0.05, 0) is 42.5 Å². The van der Waals surface area contributed by atoms with Crippen molar-refractivity contribution in [3.63, 3.8) is 0 Å². The Labute approximate surface area is 147 Å². The number of nitrogens with zero attached hydrogens (tertiary/aromatic N) is 1. The van der Waals surface area contributed by atoms with E-state index in [0.717, 1.165) is 38.2 Å². The van der Waals surface area contributed by atoms with E-state index in [-0.39, 0.29) is 5.91 Å². The van der Waals surface area contributed by atoms with Crippen LogP contribution in [0.1, 0.15) is 18.4 Å². The number of amides is 1. The molecule has 1 fully saturated rings. The quantitative estimate of drug-likeness (QED) is 0.793. The van der Waals surface area contributed by atoms with E-state index in [0.29, 0.717) is 12.3 Å². The van der Waals surface area contributed by atoms with Gasteiger partial charge in [-0.3, -0.25) is 4.79 Å². The number of benzene rings is 2. The molecule has 2 aromatic carbocycles. The maximum Gasteiger partial charge on any atom is 0.224 e. The van der Waals surface area contributed by atoms with Crippen LogP contribution in [0.15, 0.2) is 42.5 Å². The number of rotatable bonds is 4. The number of para-hydroxylation sites is 1. The second kappa shape index (κ2) is 6.89. The highest BCUT2D eigenvalue weighted by atomic mass is 16.5. The summed E-state index contributed by atoms with van der Waals surface area (Å²) in [4.78, 5) is 12.3. The highest BCUT2D eigenvalue weighted by Gasteiger charge is 2.15. The summed E-state index contributed by atoms with van der Waals surface area (Å²) < 4.78 is 7.57. The van der Waals surface area contributed by atoms with Gasteiger partial charge in [-0.25, -0.2) is 0 Å². The van der Waals surface area contributed by atoms with Gasteiger partial charge in [-0.2, -0.15) is 0 Å². The lowest BCUT2D eigenvalue weighted by molar-refractivity contribution is -0.120. The van der Waals surface area contributed by atoms with Crippen molar-refractivity contribution in [3.05, 3.63) is 48.0 Å². The second-order valence-corrected chi connectivity index (χ2v) is 6.96. The summed E-state index contributed by atoms with van der Waals surface area (Å²) in [6.07, 6.45) is 2.52. The minimum Gasteiger partial charge on any atom is -0.381 e. The Balaban J connectivity index is 1.49. The van der Waals surface area contributed by atoms with Crippen LogP contribution in [-0.2, 0) is 23.0 Å². The van der Waals surface area contributed by atoms with Crippen LogP contribution in [0.5, 0.6) is 0 Å². The zero-order chi connectivity index (χ0) is 17.2. The van der Waals surface area contributed by atoms with Crippen LogP contribution in [0.4, 0.5) is 0 Å². The number of carbonyl (C=O) groups is 1. The summed E-state index contributed by atoms with van der Waals surface area (Å²) in [5, 5.41) is 5.55. The average molecular weight is 336 g/mol. The number of aryl methyl sites for hydroxylation is 1. The minimum atomic E-state index is 0.103. The summed E-state index contributed by atoms with van der Waals surface area (Å²) in [5.74, 6) is 0.657. The predicted molar refractivity (Wildman–Crippen MR) is 101 cm³/mol. The van der Waals surface area contributed by atoms with Crippen LogP contribution in [-0.4, -0.2) is 30.2 Å². The van der Waals surface area contributed by atoms with E-state index in [9.17, 15) is 4.79 Å². The first-order valence-electron chi connectivity index (χ1n) is 9.03. The maximum atomic E-state index is 12.3. The van der Waals surface area contributed by atoms with Crippen molar-refractivity contribution < 1.29 is 9.53 Å². The number of aromatic nitrogens is 1. The molecule has 0 spiro atoms. The molecule has 1 amide bonds. The highest BCUT2D eigenvalue weighted by molar-refractivity contribution is 6.08. The molecule has 0 unspecified atom stereocenters.